The number of benzene rings is 1. The Morgan fingerprint density at radius 2 is 1.81 bits per heavy atom. The quantitative estimate of drug-likeness (QED) is 0.527. The highest BCUT2D eigenvalue weighted by molar-refractivity contribution is 5.28. The minimum atomic E-state index is 0.288. The lowest BCUT2D eigenvalue weighted by atomic mass is 10.1. The summed E-state index contributed by atoms with van der Waals surface area (Å²) in [6.07, 6.45) is 9.46. The zero-order valence-corrected chi connectivity index (χ0v) is 14.2. The largest absolute Gasteiger partial charge is 0.491 e. The van der Waals surface area contributed by atoms with E-state index in [1.165, 1.54) is 44.1 Å². The highest BCUT2D eigenvalue weighted by atomic mass is 16.5. The highest BCUT2D eigenvalue weighted by Gasteiger charge is 2.01. The van der Waals surface area contributed by atoms with E-state index in [4.69, 9.17) is 4.74 Å². The average molecular weight is 291 g/mol. The van der Waals surface area contributed by atoms with Crippen LogP contribution in [0.25, 0.3) is 0 Å². The molecule has 1 atom stereocenters. The molecule has 0 aromatic heterocycles. The van der Waals surface area contributed by atoms with Gasteiger partial charge in [0.15, 0.2) is 0 Å². The van der Waals surface area contributed by atoms with E-state index in [0.717, 1.165) is 25.3 Å². The fourth-order valence-corrected chi connectivity index (χ4v) is 2.31. The minimum absolute atomic E-state index is 0.288. The zero-order chi connectivity index (χ0) is 15.3. The van der Waals surface area contributed by atoms with Crippen LogP contribution in [-0.4, -0.2) is 12.6 Å². The van der Waals surface area contributed by atoms with E-state index in [1.54, 1.807) is 0 Å². The highest BCUT2D eigenvalue weighted by Crippen LogP contribution is 2.15. The summed E-state index contributed by atoms with van der Waals surface area (Å²) >= 11 is 0. The Labute approximate surface area is 131 Å². The Balaban J connectivity index is 2.15. The number of unbranched alkanes of at least 4 members (excludes halogenated alkanes) is 5. The van der Waals surface area contributed by atoms with Gasteiger partial charge in [-0.15, -0.1) is 0 Å². The third-order valence-corrected chi connectivity index (χ3v) is 3.85. The summed E-state index contributed by atoms with van der Waals surface area (Å²) in [7, 11) is 0. The molecule has 21 heavy (non-hydrogen) atoms. The predicted octanol–water partition coefficient (Wildman–Crippen LogP) is 5.31. The summed E-state index contributed by atoms with van der Waals surface area (Å²) < 4.78 is 5.86. The van der Waals surface area contributed by atoms with Crippen LogP contribution in [0.3, 0.4) is 0 Å². The average Bonchev–Trinajstić information content (AvgIpc) is 2.50. The lowest BCUT2D eigenvalue weighted by Crippen LogP contribution is -2.15. The molecule has 0 bridgehead atoms. The number of hydrogen-bond acceptors (Lipinski definition) is 2. The number of nitrogens with one attached hydrogen (secondary N) is 1. The van der Waals surface area contributed by atoms with Gasteiger partial charge in [0.05, 0.1) is 6.10 Å². The van der Waals surface area contributed by atoms with Gasteiger partial charge in [0.25, 0.3) is 0 Å². The van der Waals surface area contributed by atoms with Gasteiger partial charge in [0.2, 0.25) is 0 Å². The van der Waals surface area contributed by atoms with E-state index in [-0.39, 0.29) is 6.10 Å². The van der Waals surface area contributed by atoms with Gasteiger partial charge >= 0.3 is 0 Å². The molecular weight excluding hydrogens is 258 g/mol. The second kappa shape index (κ2) is 11.6. The first-order valence-corrected chi connectivity index (χ1v) is 8.72. The van der Waals surface area contributed by atoms with Crippen molar-refractivity contribution in [2.24, 2.45) is 0 Å². The molecule has 0 fully saturated rings. The normalized spacial score (nSPS) is 12.3. The molecule has 0 aliphatic rings. The van der Waals surface area contributed by atoms with Crippen LogP contribution in [0.1, 0.15) is 71.3 Å². The second-order valence-electron chi connectivity index (χ2n) is 5.93. The number of ether oxygens (including phenoxy) is 1. The van der Waals surface area contributed by atoms with Crippen molar-refractivity contribution in [2.75, 3.05) is 6.54 Å². The van der Waals surface area contributed by atoms with Gasteiger partial charge in [0, 0.05) is 6.54 Å². The molecule has 120 valence electrons. The molecule has 0 saturated heterocycles. The molecular formula is C19H33NO. The van der Waals surface area contributed by atoms with Gasteiger partial charge < -0.3 is 10.1 Å². The Bertz CT molecular complexity index is 364. The molecule has 0 aliphatic heterocycles. The van der Waals surface area contributed by atoms with Gasteiger partial charge in [-0.05, 0) is 44.0 Å². The number of rotatable bonds is 12. The first-order valence-electron chi connectivity index (χ1n) is 8.72. The van der Waals surface area contributed by atoms with Crippen LogP contribution in [0.15, 0.2) is 24.3 Å². The second-order valence-corrected chi connectivity index (χ2v) is 5.93. The lowest BCUT2D eigenvalue weighted by molar-refractivity contribution is 0.217. The van der Waals surface area contributed by atoms with E-state index in [0.29, 0.717) is 0 Å². The van der Waals surface area contributed by atoms with Gasteiger partial charge in [-0.1, -0.05) is 58.1 Å². The molecule has 0 amide bonds. The lowest BCUT2D eigenvalue weighted by Gasteiger charge is -2.13. The molecule has 2 nitrogen and oxygen atoms in total. The molecule has 1 aromatic carbocycles. The smallest absolute Gasteiger partial charge is 0.120 e. The number of hydrogen-bond donors (Lipinski definition) is 1. The van der Waals surface area contributed by atoms with Crippen molar-refractivity contribution >= 4 is 0 Å². The van der Waals surface area contributed by atoms with Crippen LogP contribution in [0.2, 0.25) is 0 Å². The van der Waals surface area contributed by atoms with Gasteiger partial charge in [-0.2, -0.15) is 0 Å². The van der Waals surface area contributed by atoms with E-state index in [2.05, 4.69) is 44.3 Å². The summed E-state index contributed by atoms with van der Waals surface area (Å²) in [6, 6.07) is 8.45. The third kappa shape index (κ3) is 8.77. The van der Waals surface area contributed by atoms with E-state index >= 15 is 0 Å². The van der Waals surface area contributed by atoms with Crippen LogP contribution < -0.4 is 10.1 Å². The van der Waals surface area contributed by atoms with Crippen LogP contribution in [0.5, 0.6) is 5.75 Å². The molecule has 1 aromatic rings. The van der Waals surface area contributed by atoms with Gasteiger partial charge in [-0.25, -0.2) is 0 Å². The fourth-order valence-electron chi connectivity index (χ4n) is 2.31. The first-order chi connectivity index (χ1) is 10.3. The summed E-state index contributed by atoms with van der Waals surface area (Å²) in [5.41, 5.74) is 1.31. The molecule has 0 radical (unpaired) electrons. The van der Waals surface area contributed by atoms with Crippen LogP contribution in [-0.2, 0) is 6.54 Å². The topological polar surface area (TPSA) is 21.3 Å². The Morgan fingerprint density at radius 1 is 1.05 bits per heavy atom. The monoisotopic (exact) mass is 291 g/mol. The van der Waals surface area contributed by atoms with E-state index in [9.17, 15) is 0 Å². The van der Waals surface area contributed by atoms with Crippen molar-refractivity contribution in [3.8, 4) is 5.75 Å². The minimum Gasteiger partial charge on any atom is -0.491 e. The Hall–Kier alpha value is -1.02. The van der Waals surface area contributed by atoms with Crippen molar-refractivity contribution in [2.45, 2.75) is 78.4 Å². The molecule has 0 saturated carbocycles. The van der Waals surface area contributed by atoms with Crippen molar-refractivity contribution in [3.63, 3.8) is 0 Å². The Morgan fingerprint density at radius 3 is 2.57 bits per heavy atom. The maximum absolute atomic E-state index is 5.86. The predicted molar refractivity (Wildman–Crippen MR) is 91.9 cm³/mol. The van der Waals surface area contributed by atoms with Gasteiger partial charge in [0.1, 0.15) is 5.75 Å². The maximum atomic E-state index is 5.86. The SMILES string of the molecule is CCCCCCCCNCc1cccc(OC(C)CC)c1. The summed E-state index contributed by atoms with van der Waals surface area (Å²) in [4.78, 5) is 0. The standard InChI is InChI=1S/C19H33NO/c1-4-6-7-8-9-10-14-20-16-18-12-11-13-19(15-18)21-17(3)5-2/h11-13,15,17,20H,4-10,14,16H2,1-3H3. The zero-order valence-electron chi connectivity index (χ0n) is 14.2. The fraction of sp³-hybridized carbons (Fsp3) is 0.684. The maximum Gasteiger partial charge on any atom is 0.120 e. The van der Waals surface area contributed by atoms with Crippen molar-refractivity contribution in [3.05, 3.63) is 29.8 Å². The van der Waals surface area contributed by atoms with Crippen LogP contribution >= 0.6 is 0 Å². The molecule has 2 heteroatoms. The van der Waals surface area contributed by atoms with E-state index < -0.39 is 0 Å². The Kier molecular flexibility index (Phi) is 9.98. The van der Waals surface area contributed by atoms with Crippen molar-refractivity contribution < 1.29 is 4.74 Å². The molecule has 0 aliphatic carbocycles. The first kappa shape index (κ1) is 18.0. The molecule has 1 unspecified atom stereocenters. The van der Waals surface area contributed by atoms with Crippen LogP contribution in [0.4, 0.5) is 0 Å². The van der Waals surface area contributed by atoms with E-state index in [1.807, 2.05) is 6.07 Å². The van der Waals surface area contributed by atoms with Crippen molar-refractivity contribution in [1.29, 1.82) is 0 Å². The molecule has 0 spiro atoms. The van der Waals surface area contributed by atoms with Gasteiger partial charge in [-0.3, -0.25) is 0 Å². The van der Waals surface area contributed by atoms with Crippen molar-refractivity contribution in [1.82, 2.24) is 5.32 Å². The summed E-state index contributed by atoms with van der Waals surface area (Å²) in [6.45, 7) is 8.58. The summed E-state index contributed by atoms with van der Waals surface area (Å²) in [5, 5.41) is 3.53. The third-order valence-electron chi connectivity index (χ3n) is 3.85. The summed E-state index contributed by atoms with van der Waals surface area (Å²) in [5.74, 6) is 0.989. The molecule has 1 rings (SSSR count). The van der Waals surface area contributed by atoms with Crippen LogP contribution in [0, 0.1) is 0 Å². The molecule has 0 heterocycles. The molecule has 1 N–H and O–H groups in total.